The topological polar surface area (TPSA) is 52.6 Å². The van der Waals surface area contributed by atoms with Crippen molar-refractivity contribution in [3.8, 4) is 0 Å². The molecule has 0 fully saturated rings. The van der Waals surface area contributed by atoms with Gasteiger partial charge in [0, 0.05) is 0 Å². The Balaban J connectivity index is 4.96. The Bertz CT molecular complexity index is 327. The number of hydrogen-bond donors (Lipinski definition) is 0. The van der Waals surface area contributed by atoms with E-state index in [1.807, 2.05) is 41.2 Å². The van der Waals surface area contributed by atoms with Crippen LogP contribution >= 0.6 is 0 Å². The third-order valence-corrected chi connectivity index (χ3v) is 15.5. The van der Waals surface area contributed by atoms with E-state index in [0.29, 0.717) is 0 Å². The molecule has 0 amide bonds. The molecule has 0 atom stereocenters. The maximum absolute atomic E-state index is 12.1. The fraction of sp³-hybridized carbons (Fsp3) is 1.00. The molecule has 0 rings (SSSR count). The Hall–Kier alpha value is 0.304. The molecule has 0 heterocycles. The van der Waals surface area contributed by atoms with Crippen LogP contribution in [-0.2, 0) is 18.1 Å². The molecular weight excluding hydrogens is 284 g/mol. The summed E-state index contributed by atoms with van der Waals surface area (Å²) in [7, 11) is -8.16. The molecule has 0 saturated heterocycles. The Labute approximate surface area is 115 Å². The third-order valence-electron chi connectivity index (χ3n) is 4.01. The van der Waals surface area contributed by atoms with Gasteiger partial charge in [0.05, 0.1) is 0 Å². The van der Waals surface area contributed by atoms with Crippen molar-refractivity contribution in [3.63, 3.8) is 0 Å². The summed E-state index contributed by atoms with van der Waals surface area (Å²) in [5.41, 5.74) is 0. The highest BCUT2D eigenvalue weighted by atomic mass is 32.3. The van der Waals surface area contributed by atoms with Gasteiger partial charge in [-0.25, -0.2) is 0 Å². The van der Waals surface area contributed by atoms with Gasteiger partial charge in [-0.15, -0.1) is 0 Å². The van der Waals surface area contributed by atoms with Crippen LogP contribution in [0.25, 0.3) is 0 Å². The molecule has 18 heavy (non-hydrogen) atoms. The maximum atomic E-state index is 12.1. The highest BCUT2D eigenvalue weighted by Gasteiger charge is 2.39. The number of hydrogen-bond acceptors (Lipinski definition) is 4. The smallest absolute Gasteiger partial charge is 0.294 e. The van der Waals surface area contributed by atoms with Gasteiger partial charge in [0.25, 0.3) is 0 Å². The van der Waals surface area contributed by atoms with Gasteiger partial charge in [-0.1, -0.05) is 34.6 Å². The van der Waals surface area contributed by atoms with Gasteiger partial charge in [0.2, 0.25) is 16.6 Å². The molecule has 0 radical (unpaired) electrons. The first-order chi connectivity index (χ1) is 8.22. The zero-order valence-corrected chi connectivity index (χ0v) is 15.4. The van der Waals surface area contributed by atoms with Crippen molar-refractivity contribution in [3.05, 3.63) is 0 Å². The van der Waals surface area contributed by atoms with Crippen LogP contribution in [0.3, 0.4) is 0 Å². The van der Waals surface area contributed by atoms with Crippen LogP contribution in [0.5, 0.6) is 0 Å². The fourth-order valence-corrected chi connectivity index (χ4v) is 10.3. The molecule has 0 unspecified atom stereocenters. The van der Waals surface area contributed by atoms with E-state index in [-0.39, 0.29) is 0 Å². The summed E-state index contributed by atoms with van der Waals surface area (Å²) in [4.78, 5) is 0. The molecule has 0 aromatic heterocycles. The van der Waals surface area contributed by atoms with E-state index >= 15 is 0 Å². The van der Waals surface area contributed by atoms with Crippen molar-refractivity contribution in [1.29, 1.82) is 0 Å². The van der Waals surface area contributed by atoms with Crippen LogP contribution in [0.4, 0.5) is 0 Å². The lowest BCUT2D eigenvalue weighted by molar-refractivity contribution is 0.380. The average Bonchev–Trinajstić information content (AvgIpc) is 2.35. The highest BCUT2D eigenvalue weighted by Crippen LogP contribution is 2.27. The monoisotopic (exact) mass is 312 g/mol. The quantitative estimate of drug-likeness (QED) is 0.606. The SMILES string of the molecule is CC[Si](C)(CC)OS(=O)(=O)O[Si](CC)(CC)CC. The van der Waals surface area contributed by atoms with Crippen LogP contribution in [-0.4, -0.2) is 25.1 Å². The van der Waals surface area contributed by atoms with Gasteiger partial charge in [0.15, 0.2) is 0 Å². The molecule has 110 valence electrons. The summed E-state index contributed by atoms with van der Waals surface area (Å²) in [6, 6.07) is 3.98. The molecule has 0 aliphatic rings. The molecule has 0 aliphatic carbocycles. The van der Waals surface area contributed by atoms with E-state index < -0.39 is 27.0 Å². The standard InChI is InChI=1S/C11H28O4SSi2/c1-7-17(6,8-2)14-16(12,13)15-18(9-3,10-4)11-5/h7-11H2,1-6H3. The second kappa shape index (κ2) is 7.18. The van der Waals surface area contributed by atoms with Crippen LogP contribution in [0.1, 0.15) is 34.6 Å². The molecule has 0 aromatic carbocycles. The minimum Gasteiger partial charge on any atom is -0.294 e. The second-order valence-corrected chi connectivity index (χ2v) is 15.9. The normalized spacial score (nSPS) is 13.9. The van der Waals surface area contributed by atoms with E-state index in [2.05, 4.69) is 0 Å². The zero-order chi connectivity index (χ0) is 14.4. The summed E-state index contributed by atoms with van der Waals surface area (Å²) < 4.78 is 35.1. The van der Waals surface area contributed by atoms with Gasteiger partial charge >= 0.3 is 10.4 Å². The van der Waals surface area contributed by atoms with E-state index in [9.17, 15) is 8.42 Å². The van der Waals surface area contributed by atoms with Gasteiger partial charge in [-0.3, -0.25) is 7.74 Å². The van der Waals surface area contributed by atoms with Gasteiger partial charge in [-0.2, -0.15) is 8.42 Å². The molecule has 0 N–H and O–H groups in total. The van der Waals surface area contributed by atoms with Crippen molar-refractivity contribution in [2.75, 3.05) is 0 Å². The summed E-state index contributed by atoms with van der Waals surface area (Å²) >= 11 is 0. The molecule has 4 nitrogen and oxygen atoms in total. The lowest BCUT2D eigenvalue weighted by Gasteiger charge is -2.30. The van der Waals surface area contributed by atoms with E-state index in [1.54, 1.807) is 0 Å². The lowest BCUT2D eigenvalue weighted by Crippen LogP contribution is -2.43. The molecule has 0 aliphatic heterocycles. The van der Waals surface area contributed by atoms with Crippen molar-refractivity contribution in [2.24, 2.45) is 0 Å². The largest absolute Gasteiger partial charge is 0.380 e. The Kier molecular flexibility index (Phi) is 7.30. The first-order valence-corrected chi connectivity index (χ1v) is 13.6. The van der Waals surface area contributed by atoms with Crippen molar-refractivity contribution in [1.82, 2.24) is 0 Å². The third kappa shape index (κ3) is 5.12. The van der Waals surface area contributed by atoms with Crippen molar-refractivity contribution < 1.29 is 16.2 Å². The van der Waals surface area contributed by atoms with Crippen LogP contribution in [0, 0.1) is 0 Å². The Morgan fingerprint density at radius 1 is 0.778 bits per heavy atom. The second-order valence-electron chi connectivity index (χ2n) is 4.98. The van der Waals surface area contributed by atoms with Crippen molar-refractivity contribution in [2.45, 2.75) is 71.4 Å². The van der Waals surface area contributed by atoms with Crippen LogP contribution < -0.4 is 0 Å². The molecular formula is C11H28O4SSi2. The van der Waals surface area contributed by atoms with Crippen LogP contribution in [0.15, 0.2) is 0 Å². The predicted octanol–water partition coefficient (Wildman–Crippen LogP) is 3.88. The average molecular weight is 313 g/mol. The summed E-state index contributed by atoms with van der Waals surface area (Å²) in [6.07, 6.45) is 0. The lowest BCUT2D eigenvalue weighted by atomic mass is 10.9. The summed E-state index contributed by atoms with van der Waals surface area (Å²) in [6.45, 7) is 11.9. The zero-order valence-electron chi connectivity index (χ0n) is 12.6. The van der Waals surface area contributed by atoms with Crippen molar-refractivity contribution >= 4 is 27.0 Å². The Morgan fingerprint density at radius 2 is 1.17 bits per heavy atom. The fourth-order valence-electron chi connectivity index (χ4n) is 1.77. The number of rotatable bonds is 9. The van der Waals surface area contributed by atoms with E-state index in [0.717, 1.165) is 30.2 Å². The first kappa shape index (κ1) is 18.3. The van der Waals surface area contributed by atoms with Crippen LogP contribution in [0.2, 0.25) is 36.8 Å². The summed E-state index contributed by atoms with van der Waals surface area (Å²) in [5, 5.41) is 0. The molecule has 0 aromatic rings. The molecule has 0 saturated carbocycles. The molecule has 0 bridgehead atoms. The van der Waals surface area contributed by atoms with Gasteiger partial charge in [-0.05, 0) is 36.8 Å². The van der Waals surface area contributed by atoms with E-state index in [1.165, 1.54) is 0 Å². The Morgan fingerprint density at radius 3 is 1.44 bits per heavy atom. The maximum Gasteiger partial charge on any atom is 0.380 e. The first-order valence-electron chi connectivity index (χ1n) is 6.88. The highest BCUT2D eigenvalue weighted by molar-refractivity contribution is 7.84. The molecule has 7 heteroatoms. The molecule has 0 spiro atoms. The van der Waals surface area contributed by atoms with E-state index in [4.69, 9.17) is 7.74 Å². The van der Waals surface area contributed by atoms with Gasteiger partial charge < -0.3 is 0 Å². The summed E-state index contributed by atoms with van der Waals surface area (Å²) in [5.74, 6) is 0. The minimum atomic E-state index is -3.83. The predicted molar refractivity (Wildman–Crippen MR) is 80.9 cm³/mol. The minimum absolute atomic E-state index is 0.783. The van der Waals surface area contributed by atoms with Gasteiger partial charge in [0.1, 0.15) is 0 Å².